The number of nitrogens with zero attached hydrogens (tertiary/aromatic N) is 3. The quantitative estimate of drug-likeness (QED) is 0.521. The normalized spacial score (nSPS) is 10.9. The van der Waals surface area contributed by atoms with Crippen molar-refractivity contribution >= 4 is 5.91 Å². The Kier molecular flexibility index (Phi) is 5.43. The SMILES string of the molecule is Cc1cc(-c2nnc(-c3ccccc3)o2)c(C)n1CC(=O)NCc1ccc(F)cc1. The van der Waals surface area contributed by atoms with E-state index < -0.39 is 0 Å². The second-order valence-electron chi connectivity index (χ2n) is 7.05. The number of rotatable bonds is 6. The first-order valence-electron chi connectivity index (χ1n) is 9.58. The lowest BCUT2D eigenvalue weighted by molar-refractivity contribution is -0.121. The van der Waals surface area contributed by atoms with Crippen molar-refractivity contribution in [1.82, 2.24) is 20.1 Å². The Hall–Kier alpha value is -3.74. The van der Waals surface area contributed by atoms with Crippen LogP contribution >= 0.6 is 0 Å². The van der Waals surface area contributed by atoms with Crippen molar-refractivity contribution in [2.75, 3.05) is 0 Å². The molecule has 0 aliphatic carbocycles. The second-order valence-corrected chi connectivity index (χ2v) is 7.05. The van der Waals surface area contributed by atoms with Crippen molar-refractivity contribution in [3.05, 3.63) is 83.4 Å². The van der Waals surface area contributed by atoms with Crippen LogP contribution in [-0.2, 0) is 17.9 Å². The zero-order chi connectivity index (χ0) is 21.1. The van der Waals surface area contributed by atoms with Crippen LogP contribution in [0.3, 0.4) is 0 Å². The molecular formula is C23H21FN4O2. The lowest BCUT2D eigenvalue weighted by Crippen LogP contribution is -2.27. The molecule has 0 saturated heterocycles. The van der Waals surface area contributed by atoms with Gasteiger partial charge in [-0.1, -0.05) is 30.3 Å². The van der Waals surface area contributed by atoms with Crippen LogP contribution in [0.1, 0.15) is 17.0 Å². The van der Waals surface area contributed by atoms with Crippen molar-refractivity contribution in [2.45, 2.75) is 26.9 Å². The van der Waals surface area contributed by atoms with Crippen LogP contribution in [0.5, 0.6) is 0 Å². The average Bonchev–Trinajstić information content (AvgIpc) is 3.35. The monoisotopic (exact) mass is 404 g/mol. The number of halogens is 1. The number of benzene rings is 2. The Morgan fingerprint density at radius 3 is 2.47 bits per heavy atom. The van der Waals surface area contributed by atoms with E-state index in [1.165, 1.54) is 12.1 Å². The van der Waals surface area contributed by atoms with Gasteiger partial charge >= 0.3 is 0 Å². The Morgan fingerprint density at radius 2 is 1.73 bits per heavy atom. The van der Waals surface area contributed by atoms with Crippen LogP contribution < -0.4 is 5.32 Å². The number of carbonyl (C=O) groups is 1. The first kappa shape index (κ1) is 19.6. The molecule has 0 aliphatic heterocycles. The molecule has 0 spiro atoms. The summed E-state index contributed by atoms with van der Waals surface area (Å²) in [7, 11) is 0. The summed E-state index contributed by atoms with van der Waals surface area (Å²) in [6.45, 7) is 4.36. The maximum absolute atomic E-state index is 13.0. The zero-order valence-corrected chi connectivity index (χ0v) is 16.7. The number of amides is 1. The minimum absolute atomic E-state index is 0.136. The van der Waals surface area contributed by atoms with Crippen LogP contribution in [0, 0.1) is 19.7 Å². The zero-order valence-electron chi connectivity index (χ0n) is 16.7. The molecule has 0 aliphatic rings. The molecule has 0 unspecified atom stereocenters. The number of aryl methyl sites for hydroxylation is 1. The van der Waals surface area contributed by atoms with Gasteiger partial charge in [0.25, 0.3) is 0 Å². The summed E-state index contributed by atoms with van der Waals surface area (Å²) in [6, 6.07) is 17.6. The van der Waals surface area contributed by atoms with Gasteiger partial charge in [-0.15, -0.1) is 10.2 Å². The van der Waals surface area contributed by atoms with E-state index in [1.807, 2.05) is 54.8 Å². The molecule has 7 heteroatoms. The Bertz CT molecular complexity index is 1160. The summed E-state index contributed by atoms with van der Waals surface area (Å²) < 4.78 is 20.8. The van der Waals surface area contributed by atoms with Gasteiger partial charge in [0.1, 0.15) is 12.4 Å². The molecule has 2 aromatic carbocycles. The molecular weight excluding hydrogens is 383 g/mol. The summed E-state index contributed by atoms with van der Waals surface area (Å²) in [5, 5.41) is 11.2. The fourth-order valence-electron chi connectivity index (χ4n) is 3.29. The number of hydrogen-bond donors (Lipinski definition) is 1. The summed E-state index contributed by atoms with van der Waals surface area (Å²) in [5.41, 5.74) is 4.27. The highest BCUT2D eigenvalue weighted by Gasteiger charge is 2.18. The second kappa shape index (κ2) is 8.32. The highest BCUT2D eigenvalue weighted by molar-refractivity contribution is 5.76. The van der Waals surface area contributed by atoms with Crippen molar-refractivity contribution < 1.29 is 13.6 Å². The lowest BCUT2D eigenvalue weighted by Gasteiger charge is -2.10. The van der Waals surface area contributed by atoms with Gasteiger partial charge in [-0.2, -0.15) is 0 Å². The number of nitrogens with one attached hydrogen (secondary N) is 1. The molecule has 0 atom stereocenters. The largest absolute Gasteiger partial charge is 0.416 e. The van der Waals surface area contributed by atoms with E-state index >= 15 is 0 Å². The average molecular weight is 404 g/mol. The predicted molar refractivity (Wildman–Crippen MR) is 111 cm³/mol. The molecule has 0 fully saturated rings. The standard InChI is InChI=1S/C23H21FN4O2/c1-15-12-20(23-27-26-22(30-23)18-6-4-3-5-7-18)16(2)28(15)14-21(29)25-13-17-8-10-19(24)11-9-17/h3-12H,13-14H2,1-2H3,(H,25,29). The Labute approximate surface area is 173 Å². The third kappa shape index (κ3) is 4.15. The van der Waals surface area contributed by atoms with Gasteiger partial charge in [0.15, 0.2) is 0 Å². The van der Waals surface area contributed by atoms with E-state index in [2.05, 4.69) is 15.5 Å². The van der Waals surface area contributed by atoms with Crippen LogP contribution in [-0.4, -0.2) is 20.7 Å². The smallest absolute Gasteiger partial charge is 0.249 e. The lowest BCUT2D eigenvalue weighted by atomic mass is 10.2. The topological polar surface area (TPSA) is 73.0 Å². The van der Waals surface area contributed by atoms with E-state index in [9.17, 15) is 9.18 Å². The summed E-state index contributed by atoms with van der Waals surface area (Å²) in [5.74, 6) is 0.434. The highest BCUT2D eigenvalue weighted by atomic mass is 19.1. The van der Waals surface area contributed by atoms with E-state index in [-0.39, 0.29) is 18.3 Å². The predicted octanol–water partition coefficient (Wildman–Crippen LogP) is 4.28. The fraction of sp³-hybridized carbons (Fsp3) is 0.174. The van der Waals surface area contributed by atoms with Crippen molar-refractivity contribution in [3.63, 3.8) is 0 Å². The van der Waals surface area contributed by atoms with Gasteiger partial charge in [0.05, 0.1) is 5.56 Å². The molecule has 4 rings (SSSR count). The third-order valence-corrected chi connectivity index (χ3v) is 4.95. The highest BCUT2D eigenvalue weighted by Crippen LogP contribution is 2.28. The molecule has 30 heavy (non-hydrogen) atoms. The van der Waals surface area contributed by atoms with Crippen molar-refractivity contribution in [2.24, 2.45) is 0 Å². The molecule has 2 heterocycles. The molecule has 0 radical (unpaired) electrons. The maximum Gasteiger partial charge on any atom is 0.249 e. The van der Waals surface area contributed by atoms with Gasteiger partial charge in [-0.05, 0) is 49.7 Å². The minimum Gasteiger partial charge on any atom is -0.416 e. The van der Waals surface area contributed by atoms with Gasteiger partial charge in [-0.25, -0.2) is 4.39 Å². The van der Waals surface area contributed by atoms with Gasteiger partial charge < -0.3 is 14.3 Å². The fourth-order valence-corrected chi connectivity index (χ4v) is 3.29. The summed E-state index contributed by atoms with van der Waals surface area (Å²) in [6.07, 6.45) is 0. The first-order valence-corrected chi connectivity index (χ1v) is 9.58. The first-order chi connectivity index (χ1) is 14.5. The third-order valence-electron chi connectivity index (χ3n) is 4.95. The van der Waals surface area contributed by atoms with E-state index in [4.69, 9.17) is 4.42 Å². The van der Waals surface area contributed by atoms with E-state index in [1.54, 1.807) is 12.1 Å². The number of aromatic nitrogens is 3. The molecule has 1 amide bonds. The number of carbonyl (C=O) groups excluding carboxylic acids is 1. The van der Waals surface area contributed by atoms with Crippen LogP contribution in [0.15, 0.2) is 65.1 Å². The summed E-state index contributed by atoms with van der Waals surface area (Å²) >= 11 is 0. The van der Waals surface area contributed by atoms with Crippen molar-refractivity contribution in [1.29, 1.82) is 0 Å². The minimum atomic E-state index is -0.298. The molecule has 4 aromatic rings. The van der Waals surface area contributed by atoms with Gasteiger partial charge in [0, 0.05) is 23.5 Å². The van der Waals surface area contributed by atoms with Crippen LogP contribution in [0.25, 0.3) is 22.9 Å². The Morgan fingerprint density at radius 1 is 1.03 bits per heavy atom. The molecule has 152 valence electrons. The van der Waals surface area contributed by atoms with Gasteiger partial charge in [0.2, 0.25) is 17.7 Å². The number of hydrogen-bond acceptors (Lipinski definition) is 4. The molecule has 1 N–H and O–H groups in total. The summed E-state index contributed by atoms with van der Waals surface area (Å²) in [4.78, 5) is 12.4. The molecule has 0 saturated carbocycles. The molecule has 0 bridgehead atoms. The van der Waals surface area contributed by atoms with E-state index in [0.717, 1.165) is 28.1 Å². The van der Waals surface area contributed by atoms with E-state index in [0.29, 0.717) is 18.3 Å². The Balaban J connectivity index is 1.47. The van der Waals surface area contributed by atoms with Crippen LogP contribution in [0.4, 0.5) is 4.39 Å². The molecule has 6 nitrogen and oxygen atoms in total. The maximum atomic E-state index is 13.0. The molecule has 2 aromatic heterocycles. The van der Waals surface area contributed by atoms with Crippen LogP contribution in [0.2, 0.25) is 0 Å². The van der Waals surface area contributed by atoms with Crippen molar-refractivity contribution in [3.8, 4) is 22.9 Å². The van der Waals surface area contributed by atoms with Gasteiger partial charge in [-0.3, -0.25) is 4.79 Å².